The summed E-state index contributed by atoms with van der Waals surface area (Å²) in [6.45, 7) is 0.897. The Labute approximate surface area is 185 Å². The number of benzene rings is 1. The molecule has 2 rings (SSSR count). The Morgan fingerprint density at radius 3 is 2.56 bits per heavy atom. The van der Waals surface area contributed by atoms with Crippen LogP contribution in [0.3, 0.4) is 0 Å². The molecule has 0 saturated carbocycles. The molecule has 27 heavy (non-hydrogen) atoms. The number of ether oxygens (including phenoxy) is 1. The van der Waals surface area contributed by atoms with Gasteiger partial charge in [0.25, 0.3) is 5.91 Å². The number of primary amides is 1. The summed E-state index contributed by atoms with van der Waals surface area (Å²) < 4.78 is 7.11. The number of amides is 1. The number of nitrogens with zero attached hydrogens (tertiary/aromatic N) is 2. The van der Waals surface area contributed by atoms with Gasteiger partial charge in [0.1, 0.15) is 10.9 Å². The molecule has 0 spiro atoms. The Morgan fingerprint density at radius 1 is 1.26 bits per heavy atom. The minimum atomic E-state index is -0.515. The monoisotopic (exact) mass is 525 g/mol. The molecule has 0 aliphatic heterocycles. The third-order valence-electron chi connectivity index (χ3n) is 3.62. The van der Waals surface area contributed by atoms with Crippen molar-refractivity contribution in [3.63, 3.8) is 0 Å². The van der Waals surface area contributed by atoms with Crippen LogP contribution in [-0.4, -0.2) is 30.1 Å². The van der Waals surface area contributed by atoms with E-state index in [9.17, 15) is 4.79 Å². The van der Waals surface area contributed by atoms with Crippen molar-refractivity contribution in [1.82, 2.24) is 15.2 Å². The number of nitrogens with one attached hydrogen (secondary N) is 2. The summed E-state index contributed by atoms with van der Waals surface area (Å²) in [5, 5.41) is 7.42. The molecule has 0 atom stereocenters. The standard InChI is InChI=1S/C17H21Cl2N5O2.HI/c1-21-17(23-9-12-7-14(18)16(19)24(12)2)22-8-11-4-3-5-13(6-11)26-10-15(20)25;/h3-7H,8-10H2,1-2H3,(H2,20,25)(H2,21,22,23);1H. The van der Waals surface area contributed by atoms with E-state index in [2.05, 4.69) is 15.6 Å². The lowest BCUT2D eigenvalue weighted by Crippen LogP contribution is -2.36. The van der Waals surface area contributed by atoms with Crippen LogP contribution < -0.4 is 21.1 Å². The van der Waals surface area contributed by atoms with E-state index in [0.29, 0.717) is 35.0 Å². The van der Waals surface area contributed by atoms with Gasteiger partial charge in [0.2, 0.25) is 0 Å². The predicted octanol–water partition coefficient (Wildman–Crippen LogP) is 2.68. The fraction of sp³-hybridized carbons (Fsp3) is 0.294. The lowest BCUT2D eigenvalue weighted by Gasteiger charge is -2.13. The quantitative estimate of drug-likeness (QED) is 0.294. The number of nitrogens with two attached hydrogens (primary N) is 1. The number of rotatable bonds is 7. The van der Waals surface area contributed by atoms with Gasteiger partial charge in [0, 0.05) is 26.3 Å². The third kappa shape index (κ3) is 7.11. The van der Waals surface area contributed by atoms with Crippen molar-refractivity contribution in [2.45, 2.75) is 13.1 Å². The maximum atomic E-state index is 10.8. The fourth-order valence-corrected chi connectivity index (χ4v) is 2.65. The zero-order valence-corrected chi connectivity index (χ0v) is 18.8. The molecule has 1 heterocycles. The molecule has 10 heteroatoms. The van der Waals surface area contributed by atoms with Gasteiger partial charge in [-0.15, -0.1) is 24.0 Å². The highest BCUT2D eigenvalue weighted by Gasteiger charge is 2.09. The van der Waals surface area contributed by atoms with Crippen LogP contribution in [0.25, 0.3) is 0 Å². The summed E-state index contributed by atoms with van der Waals surface area (Å²) >= 11 is 12.1. The Balaban J connectivity index is 0.00000364. The van der Waals surface area contributed by atoms with Gasteiger partial charge in [-0.25, -0.2) is 0 Å². The molecule has 2 aromatic rings. The smallest absolute Gasteiger partial charge is 0.255 e. The summed E-state index contributed by atoms with van der Waals surface area (Å²) in [6, 6.07) is 9.19. The highest BCUT2D eigenvalue weighted by molar-refractivity contribution is 14.0. The summed E-state index contributed by atoms with van der Waals surface area (Å²) in [5.74, 6) is 0.694. The van der Waals surface area contributed by atoms with Crippen LogP contribution in [0.2, 0.25) is 10.2 Å². The number of hydrogen-bond donors (Lipinski definition) is 3. The molecular weight excluding hydrogens is 504 g/mol. The molecular formula is C17H22Cl2IN5O2. The third-order valence-corrected chi connectivity index (χ3v) is 4.46. The topological polar surface area (TPSA) is 93.7 Å². The maximum Gasteiger partial charge on any atom is 0.255 e. The molecule has 0 radical (unpaired) electrons. The first-order valence-corrected chi connectivity index (χ1v) is 8.60. The number of hydrogen-bond acceptors (Lipinski definition) is 3. The number of guanidine groups is 1. The second kappa shape index (κ2) is 11.3. The van der Waals surface area contributed by atoms with Gasteiger partial charge in [-0.1, -0.05) is 35.3 Å². The van der Waals surface area contributed by atoms with E-state index in [1.54, 1.807) is 13.1 Å². The van der Waals surface area contributed by atoms with E-state index in [0.717, 1.165) is 11.3 Å². The number of aromatic nitrogens is 1. The minimum Gasteiger partial charge on any atom is -0.484 e. The van der Waals surface area contributed by atoms with Crippen LogP contribution in [-0.2, 0) is 24.9 Å². The van der Waals surface area contributed by atoms with Crippen molar-refractivity contribution >= 4 is 59.0 Å². The van der Waals surface area contributed by atoms with Crippen LogP contribution in [0.4, 0.5) is 0 Å². The van der Waals surface area contributed by atoms with Gasteiger partial charge in [-0.2, -0.15) is 0 Å². The lowest BCUT2D eigenvalue weighted by molar-refractivity contribution is -0.119. The second-order valence-corrected chi connectivity index (χ2v) is 6.28. The number of carbonyl (C=O) groups excluding carboxylic acids is 1. The summed E-state index contributed by atoms with van der Waals surface area (Å²) in [4.78, 5) is 15.0. The second-order valence-electron chi connectivity index (χ2n) is 5.52. The molecule has 7 nitrogen and oxygen atoms in total. The molecule has 148 valence electrons. The zero-order valence-electron chi connectivity index (χ0n) is 15.0. The summed E-state index contributed by atoms with van der Waals surface area (Å²) in [6.07, 6.45) is 0. The molecule has 4 N–H and O–H groups in total. The average molecular weight is 526 g/mol. The molecule has 0 saturated heterocycles. The van der Waals surface area contributed by atoms with Gasteiger partial charge >= 0.3 is 0 Å². The average Bonchev–Trinajstić information content (AvgIpc) is 2.87. The van der Waals surface area contributed by atoms with Gasteiger partial charge in [-0.05, 0) is 23.8 Å². The van der Waals surface area contributed by atoms with E-state index in [1.165, 1.54) is 0 Å². The first kappa shape index (κ1) is 23.4. The SMILES string of the molecule is CN=C(NCc1cccc(OCC(N)=O)c1)NCc1cc(Cl)c(Cl)n1C.I. The highest BCUT2D eigenvalue weighted by atomic mass is 127. The van der Waals surface area contributed by atoms with Gasteiger partial charge in [0.15, 0.2) is 12.6 Å². The van der Waals surface area contributed by atoms with Gasteiger partial charge in [0.05, 0.1) is 11.6 Å². The molecule has 1 aromatic carbocycles. The summed E-state index contributed by atoms with van der Waals surface area (Å²) in [5.41, 5.74) is 6.99. The molecule has 1 aromatic heterocycles. The zero-order chi connectivity index (χ0) is 19.1. The van der Waals surface area contributed by atoms with Crippen molar-refractivity contribution in [3.05, 3.63) is 51.8 Å². The van der Waals surface area contributed by atoms with Gasteiger partial charge in [-0.3, -0.25) is 9.79 Å². The predicted molar refractivity (Wildman–Crippen MR) is 119 cm³/mol. The van der Waals surface area contributed by atoms with Crippen LogP contribution in [0, 0.1) is 0 Å². The van der Waals surface area contributed by atoms with Crippen molar-refractivity contribution in [2.24, 2.45) is 17.8 Å². The fourth-order valence-electron chi connectivity index (χ4n) is 2.24. The van der Waals surface area contributed by atoms with Crippen molar-refractivity contribution in [3.8, 4) is 5.75 Å². The minimum absolute atomic E-state index is 0. The van der Waals surface area contributed by atoms with E-state index >= 15 is 0 Å². The maximum absolute atomic E-state index is 10.8. The van der Waals surface area contributed by atoms with Crippen molar-refractivity contribution < 1.29 is 9.53 Å². The first-order valence-electron chi connectivity index (χ1n) is 7.85. The lowest BCUT2D eigenvalue weighted by atomic mass is 10.2. The molecule has 0 aliphatic carbocycles. The molecule has 0 bridgehead atoms. The normalized spacial score (nSPS) is 10.9. The first-order chi connectivity index (χ1) is 12.4. The van der Waals surface area contributed by atoms with E-state index < -0.39 is 5.91 Å². The molecule has 0 unspecified atom stereocenters. The Hall–Kier alpha value is -1.65. The Bertz CT molecular complexity index is 811. The molecule has 0 fully saturated rings. The van der Waals surface area contributed by atoms with E-state index in [1.807, 2.05) is 35.9 Å². The number of halogens is 3. The molecule has 1 amide bonds. The van der Waals surface area contributed by atoms with Crippen molar-refractivity contribution in [2.75, 3.05) is 13.7 Å². The van der Waals surface area contributed by atoms with Crippen LogP contribution in [0.5, 0.6) is 5.75 Å². The number of carbonyl (C=O) groups is 1. The summed E-state index contributed by atoms with van der Waals surface area (Å²) in [7, 11) is 3.53. The highest BCUT2D eigenvalue weighted by Crippen LogP contribution is 2.24. The largest absolute Gasteiger partial charge is 0.484 e. The van der Waals surface area contributed by atoms with Crippen LogP contribution in [0.1, 0.15) is 11.3 Å². The van der Waals surface area contributed by atoms with E-state index in [4.69, 9.17) is 33.7 Å². The number of aliphatic imine (C=N–C) groups is 1. The van der Waals surface area contributed by atoms with E-state index in [-0.39, 0.29) is 30.6 Å². The molecule has 0 aliphatic rings. The van der Waals surface area contributed by atoms with Crippen molar-refractivity contribution in [1.29, 1.82) is 0 Å². The van der Waals surface area contributed by atoms with Gasteiger partial charge < -0.3 is 25.7 Å². The van der Waals surface area contributed by atoms with Crippen LogP contribution >= 0.6 is 47.2 Å². The Kier molecular flexibility index (Phi) is 9.75. The Morgan fingerprint density at radius 2 is 1.96 bits per heavy atom. The van der Waals surface area contributed by atoms with Crippen LogP contribution in [0.15, 0.2) is 35.3 Å².